The van der Waals surface area contributed by atoms with Crippen molar-refractivity contribution in [3.8, 4) is 33.6 Å². The zero-order valence-electron chi connectivity index (χ0n) is 31.1. The molecular weight excluding hydrogens is 745 g/mol. The van der Waals surface area contributed by atoms with Crippen molar-refractivity contribution in [1.29, 1.82) is 0 Å². The van der Waals surface area contributed by atoms with Crippen molar-refractivity contribution in [2.24, 2.45) is 0 Å². The lowest BCUT2D eigenvalue weighted by Gasteiger charge is -2.13. The summed E-state index contributed by atoms with van der Waals surface area (Å²) in [6.07, 6.45) is 6.35. The van der Waals surface area contributed by atoms with Gasteiger partial charge in [0.05, 0.1) is 33.4 Å². The SMILES string of the molecule is C1=Cc2c(c3ccccc3n2-c2ccc3sc4ccc(-c5cccc(-c6ccc7sc8ccc(-n9c%10ccccc%10c%10ncccc%109)cc8c7c6)c5)cc4c3c2)NC1. The van der Waals surface area contributed by atoms with Gasteiger partial charge in [0.1, 0.15) is 0 Å². The van der Waals surface area contributed by atoms with E-state index in [9.17, 15) is 0 Å². The Morgan fingerprint density at radius 1 is 0.448 bits per heavy atom. The Hall–Kier alpha value is -6.99. The van der Waals surface area contributed by atoms with Gasteiger partial charge >= 0.3 is 0 Å². The van der Waals surface area contributed by atoms with Crippen LogP contribution in [0.5, 0.6) is 0 Å². The minimum absolute atomic E-state index is 0.849. The van der Waals surface area contributed by atoms with Crippen LogP contribution < -0.4 is 5.32 Å². The van der Waals surface area contributed by atoms with Crippen molar-refractivity contribution in [2.45, 2.75) is 0 Å². The van der Waals surface area contributed by atoms with Crippen molar-refractivity contribution in [3.63, 3.8) is 0 Å². The maximum atomic E-state index is 4.77. The fourth-order valence-electron chi connectivity index (χ4n) is 9.32. The van der Waals surface area contributed by atoms with E-state index in [1.54, 1.807) is 0 Å². The second-order valence-corrected chi connectivity index (χ2v) is 17.4. The molecule has 6 heterocycles. The predicted molar refractivity (Wildman–Crippen MR) is 250 cm³/mol. The second kappa shape index (κ2) is 12.3. The molecule has 6 heteroatoms. The van der Waals surface area contributed by atoms with Crippen molar-refractivity contribution in [2.75, 3.05) is 11.9 Å². The van der Waals surface area contributed by atoms with E-state index in [-0.39, 0.29) is 0 Å². The zero-order valence-corrected chi connectivity index (χ0v) is 32.7. The van der Waals surface area contributed by atoms with Crippen LogP contribution in [0, 0.1) is 0 Å². The average Bonchev–Trinajstić information content (AvgIpc) is 4.03. The van der Waals surface area contributed by atoms with E-state index in [1.807, 2.05) is 34.9 Å². The molecule has 0 spiro atoms. The summed E-state index contributed by atoms with van der Waals surface area (Å²) in [6, 6.07) is 58.3. The molecule has 13 rings (SSSR count). The van der Waals surface area contributed by atoms with Crippen LogP contribution in [0.3, 0.4) is 0 Å². The van der Waals surface area contributed by atoms with E-state index in [2.05, 4.69) is 178 Å². The Morgan fingerprint density at radius 2 is 1.00 bits per heavy atom. The third kappa shape index (κ3) is 4.70. The number of pyridine rings is 1. The minimum Gasteiger partial charge on any atom is -0.379 e. The number of aromatic nitrogens is 3. The molecule has 4 nitrogen and oxygen atoms in total. The molecule has 0 bridgehead atoms. The fourth-order valence-corrected chi connectivity index (χ4v) is 11.5. The van der Waals surface area contributed by atoms with Gasteiger partial charge in [0.15, 0.2) is 0 Å². The number of rotatable bonds is 4. The summed E-state index contributed by atoms with van der Waals surface area (Å²) in [5, 5.41) is 11.2. The fraction of sp³-hybridized carbons (Fsp3) is 0.0192. The third-order valence-electron chi connectivity index (χ3n) is 12.0. The van der Waals surface area contributed by atoms with Gasteiger partial charge in [-0.05, 0) is 119 Å². The van der Waals surface area contributed by atoms with Gasteiger partial charge in [0.25, 0.3) is 0 Å². The van der Waals surface area contributed by atoms with Gasteiger partial charge in [-0.25, -0.2) is 0 Å². The van der Waals surface area contributed by atoms with Crippen LogP contribution in [0.15, 0.2) is 170 Å². The number of benzene rings is 7. The lowest BCUT2D eigenvalue weighted by Crippen LogP contribution is -2.05. The first-order valence-electron chi connectivity index (χ1n) is 19.7. The summed E-state index contributed by atoms with van der Waals surface area (Å²) in [5.74, 6) is 0. The van der Waals surface area contributed by atoms with E-state index >= 15 is 0 Å². The second-order valence-electron chi connectivity index (χ2n) is 15.2. The zero-order chi connectivity index (χ0) is 37.9. The Balaban J connectivity index is 0.905. The maximum absolute atomic E-state index is 4.77. The number of nitrogens with zero attached hydrogens (tertiary/aromatic N) is 3. The molecule has 58 heavy (non-hydrogen) atoms. The predicted octanol–water partition coefficient (Wildman–Crippen LogP) is 14.6. The first kappa shape index (κ1) is 32.1. The van der Waals surface area contributed by atoms with Gasteiger partial charge in [0.2, 0.25) is 0 Å². The molecule has 272 valence electrons. The number of para-hydroxylation sites is 2. The molecule has 12 aromatic rings. The summed E-state index contributed by atoms with van der Waals surface area (Å²) in [6.45, 7) is 0.849. The molecule has 1 aliphatic heterocycles. The highest BCUT2D eigenvalue weighted by molar-refractivity contribution is 7.26. The van der Waals surface area contributed by atoms with Crippen molar-refractivity contribution in [3.05, 3.63) is 176 Å². The van der Waals surface area contributed by atoms with Crippen LogP contribution in [0.1, 0.15) is 5.69 Å². The van der Waals surface area contributed by atoms with E-state index in [1.165, 1.54) is 101 Å². The first-order valence-corrected chi connectivity index (χ1v) is 21.3. The highest BCUT2D eigenvalue weighted by Crippen LogP contribution is 2.43. The van der Waals surface area contributed by atoms with Crippen LogP contribution in [0.25, 0.3) is 113 Å². The molecule has 7 aromatic carbocycles. The summed E-state index contributed by atoms with van der Waals surface area (Å²) in [7, 11) is 0. The monoisotopic (exact) mass is 776 g/mol. The molecule has 0 fully saturated rings. The highest BCUT2D eigenvalue weighted by Gasteiger charge is 2.20. The summed E-state index contributed by atoms with van der Waals surface area (Å²) in [5.41, 5.74) is 14.2. The third-order valence-corrected chi connectivity index (χ3v) is 14.3. The molecule has 0 saturated heterocycles. The number of hydrogen-bond donors (Lipinski definition) is 1. The highest BCUT2D eigenvalue weighted by atomic mass is 32.1. The van der Waals surface area contributed by atoms with Gasteiger partial charge in [-0.2, -0.15) is 0 Å². The molecule has 1 aliphatic rings. The van der Waals surface area contributed by atoms with Crippen molar-refractivity contribution in [1.82, 2.24) is 14.1 Å². The number of nitrogens with one attached hydrogen (secondary N) is 1. The topological polar surface area (TPSA) is 34.8 Å². The quantitative estimate of drug-likeness (QED) is 0.193. The maximum Gasteiger partial charge on any atom is 0.0963 e. The Morgan fingerprint density at radius 3 is 1.69 bits per heavy atom. The average molecular weight is 777 g/mol. The first-order chi connectivity index (χ1) is 28.7. The molecular formula is C52H32N4S2. The smallest absolute Gasteiger partial charge is 0.0963 e. The van der Waals surface area contributed by atoms with Crippen LogP contribution >= 0.6 is 22.7 Å². The Bertz CT molecular complexity index is 3650. The number of hydrogen-bond acceptors (Lipinski definition) is 4. The summed E-state index contributed by atoms with van der Waals surface area (Å²) >= 11 is 3.73. The standard InChI is InChI=1S/C52H32N4S2/c1-3-12-43-37(10-1)51-45(14-6-24-53-51)55(43)35-18-22-49-41(29-35)39-27-33(16-20-47(39)57-49)31-8-5-9-32(26-31)34-17-21-48-40(28-34)42-30-36(19-23-50(42)58-48)56-44-13-4-2-11-38(44)52-46(56)15-7-25-54-52/h1-24,26-30,54H,25H2. The molecule has 0 saturated carbocycles. The Labute approximate surface area is 341 Å². The normalized spacial score (nSPS) is 12.8. The van der Waals surface area contributed by atoms with Crippen LogP contribution in [-0.4, -0.2) is 20.7 Å². The van der Waals surface area contributed by atoms with Gasteiger partial charge in [-0.15, -0.1) is 22.7 Å². The Kier molecular flexibility index (Phi) is 6.79. The lowest BCUT2D eigenvalue weighted by atomic mass is 9.97. The number of fused-ring (bicyclic) bond motifs is 12. The van der Waals surface area contributed by atoms with Gasteiger partial charge in [0, 0.05) is 75.2 Å². The lowest BCUT2D eigenvalue weighted by molar-refractivity contribution is 1.10. The van der Waals surface area contributed by atoms with Crippen LogP contribution in [0.2, 0.25) is 0 Å². The summed E-state index contributed by atoms with van der Waals surface area (Å²) < 4.78 is 9.95. The van der Waals surface area contributed by atoms with E-state index in [0.717, 1.165) is 23.3 Å². The summed E-state index contributed by atoms with van der Waals surface area (Å²) in [4.78, 5) is 4.77. The van der Waals surface area contributed by atoms with Gasteiger partial charge in [-0.3, -0.25) is 4.98 Å². The number of anilines is 1. The molecule has 0 atom stereocenters. The van der Waals surface area contributed by atoms with Gasteiger partial charge < -0.3 is 14.5 Å². The van der Waals surface area contributed by atoms with E-state index in [4.69, 9.17) is 4.98 Å². The van der Waals surface area contributed by atoms with Gasteiger partial charge in [-0.1, -0.05) is 72.8 Å². The number of thiophene rings is 2. The minimum atomic E-state index is 0.849. The molecule has 0 unspecified atom stereocenters. The van der Waals surface area contributed by atoms with Crippen molar-refractivity contribution < 1.29 is 0 Å². The molecule has 0 amide bonds. The van der Waals surface area contributed by atoms with Crippen LogP contribution in [-0.2, 0) is 0 Å². The molecule has 5 aromatic heterocycles. The van der Waals surface area contributed by atoms with E-state index in [0.29, 0.717) is 0 Å². The molecule has 1 N–H and O–H groups in total. The van der Waals surface area contributed by atoms with Crippen LogP contribution in [0.4, 0.5) is 5.69 Å². The van der Waals surface area contributed by atoms with Crippen molar-refractivity contribution >= 4 is 108 Å². The largest absolute Gasteiger partial charge is 0.379 e. The molecule has 0 aliphatic carbocycles. The molecule has 0 radical (unpaired) electrons. The van der Waals surface area contributed by atoms with E-state index < -0.39 is 0 Å².